The van der Waals surface area contributed by atoms with Crippen LogP contribution in [0.15, 0.2) is 30.5 Å². The van der Waals surface area contributed by atoms with Crippen LogP contribution in [0.3, 0.4) is 0 Å². The third-order valence-electron chi connectivity index (χ3n) is 5.81. The Bertz CT molecular complexity index is 930. The molecule has 2 aromatic rings. The van der Waals surface area contributed by atoms with Gasteiger partial charge >= 0.3 is 0 Å². The van der Waals surface area contributed by atoms with Crippen molar-refractivity contribution in [1.82, 2.24) is 19.8 Å². The number of carbonyl (C=O) groups excluding carboxylic acids is 2. The summed E-state index contributed by atoms with van der Waals surface area (Å²) in [7, 11) is 1.58. The van der Waals surface area contributed by atoms with Gasteiger partial charge in [-0.3, -0.25) is 9.59 Å². The Balaban J connectivity index is 1.50. The standard InChI is InChI=1S/C22H26N4O3/c1-15(27)25-11-9-19-17(14-25)12-23-21(24-19)16-6-5-10-26(13-16)22(28)18-7-3-4-8-20(18)29-2/h3-4,7-8,12,16H,5-6,9-11,13-14H2,1-2H3/t16-/m0/s1. The van der Waals surface area contributed by atoms with Crippen LogP contribution >= 0.6 is 0 Å². The van der Waals surface area contributed by atoms with Gasteiger partial charge in [-0.1, -0.05) is 12.1 Å². The molecule has 1 aromatic heterocycles. The van der Waals surface area contributed by atoms with Gasteiger partial charge < -0.3 is 14.5 Å². The van der Waals surface area contributed by atoms with Gasteiger partial charge in [0.25, 0.3) is 5.91 Å². The molecule has 4 rings (SSSR count). The van der Waals surface area contributed by atoms with Crippen molar-refractivity contribution in [1.29, 1.82) is 0 Å². The molecule has 2 aliphatic rings. The van der Waals surface area contributed by atoms with E-state index in [2.05, 4.69) is 4.98 Å². The van der Waals surface area contributed by atoms with Crippen molar-refractivity contribution in [3.8, 4) is 5.75 Å². The van der Waals surface area contributed by atoms with Crippen molar-refractivity contribution in [2.45, 2.75) is 38.6 Å². The van der Waals surface area contributed by atoms with Crippen LogP contribution in [-0.2, 0) is 17.8 Å². The highest BCUT2D eigenvalue weighted by atomic mass is 16.5. The van der Waals surface area contributed by atoms with Gasteiger partial charge in [0.05, 0.1) is 18.4 Å². The highest BCUT2D eigenvalue weighted by molar-refractivity contribution is 5.97. The highest BCUT2D eigenvalue weighted by Gasteiger charge is 2.29. The van der Waals surface area contributed by atoms with E-state index in [0.717, 1.165) is 42.9 Å². The van der Waals surface area contributed by atoms with Crippen LogP contribution in [0, 0.1) is 0 Å². The molecule has 0 saturated carbocycles. The van der Waals surface area contributed by atoms with E-state index < -0.39 is 0 Å². The Labute approximate surface area is 170 Å². The summed E-state index contributed by atoms with van der Waals surface area (Å²) >= 11 is 0. The number of para-hydroxylation sites is 1. The maximum absolute atomic E-state index is 13.1. The van der Waals surface area contributed by atoms with Crippen LogP contribution < -0.4 is 4.74 Å². The predicted molar refractivity (Wildman–Crippen MR) is 108 cm³/mol. The molecule has 7 heteroatoms. The highest BCUT2D eigenvalue weighted by Crippen LogP contribution is 2.28. The first-order chi connectivity index (χ1) is 14.1. The lowest BCUT2D eigenvalue weighted by Gasteiger charge is -2.33. The number of amides is 2. The van der Waals surface area contributed by atoms with Crippen molar-refractivity contribution < 1.29 is 14.3 Å². The number of nitrogens with zero attached hydrogens (tertiary/aromatic N) is 4. The molecule has 1 saturated heterocycles. The number of fused-ring (bicyclic) bond motifs is 1. The topological polar surface area (TPSA) is 75.6 Å². The number of aromatic nitrogens is 2. The molecular weight excluding hydrogens is 368 g/mol. The smallest absolute Gasteiger partial charge is 0.257 e. The lowest BCUT2D eigenvalue weighted by Crippen LogP contribution is -2.40. The van der Waals surface area contributed by atoms with Gasteiger partial charge in [0, 0.05) is 57.2 Å². The lowest BCUT2D eigenvalue weighted by atomic mass is 9.95. The fourth-order valence-electron chi connectivity index (χ4n) is 4.16. The minimum atomic E-state index is -0.0118. The van der Waals surface area contributed by atoms with Gasteiger partial charge in [-0.25, -0.2) is 9.97 Å². The van der Waals surface area contributed by atoms with E-state index in [1.807, 2.05) is 34.2 Å². The van der Waals surface area contributed by atoms with Gasteiger partial charge in [0.15, 0.2) is 0 Å². The number of hydrogen-bond donors (Lipinski definition) is 0. The second-order valence-corrected chi connectivity index (χ2v) is 7.68. The van der Waals surface area contributed by atoms with Crippen molar-refractivity contribution in [3.05, 3.63) is 53.1 Å². The van der Waals surface area contributed by atoms with E-state index in [-0.39, 0.29) is 17.7 Å². The zero-order valence-corrected chi connectivity index (χ0v) is 16.9. The van der Waals surface area contributed by atoms with Gasteiger partial charge in [-0.05, 0) is 25.0 Å². The molecule has 0 N–H and O–H groups in total. The van der Waals surface area contributed by atoms with Gasteiger partial charge in [0.1, 0.15) is 11.6 Å². The van der Waals surface area contributed by atoms with E-state index in [4.69, 9.17) is 9.72 Å². The zero-order valence-electron chi connectivity index (χ0n) is 16.9. The fourth-order valence-corrected chi connectivity index (χ4v) is 4.16. The Kier molecular flexibility index (Phi) is 5.47. The Morgan fingerprint density at radius 1 is 1.17 bits per heavy atom. The summed E-state index contributed by atoms with van der Waals surface area (Å²) in [6.45, 7) is 4.20. The summed E-state index contributed by atoms with van der Waals surface area (Å²) in [4.78, 5) is 37.8. The molecule has 0 radical (unpaired) electrons. The summed E-state index contributed by atoms with van der Waals surface area (Å²) in [5, 5.41) is 0. The first-order valence-corrected chi connectivity index (χ1v) is 10.1. The number of rotatable bonds is 3. The van der Waals surface area contributed by atoms with Crippen molar-refractivity contribution in [3.63, 3.8) is 0 Å². The van der Waals surface area contributed by atoms with Crippen molar-refractivity contribution in [2.24, 2.45) is 0 Å². The maximum Gasteiger partial charge on any atom is 0.257 e. The molecule has 1 fully saturated rings. The average Bonchev–Trinajstić information content (AvgIpc) is 2.77. The molecule has 29 heavy (non-hydrogen) atoms. The monoisotopic (exact) mass is 394 g/mol. The molecule has 2 amide bonds. The molecule has 3 heterocycles. The van der Waals surface area contributed by atoms with E-state index in [0.29, 0.717) is 30.9 Å². The van der Waals surface area contributed by atoms with Crippen LogP contribution in [0.25, 0.3) is 0 Å². The van der Waals surface area contributed by atoms with Gasteiger partial charge in [-0.2, -0.15) is 0 Å². The Hall–Kier alpha value is -2.96. The van der Waals surface area contributed by atoms with Crippen LogP contribution in [0.2, 0.25) is 0 Å². The minimum Gasteiger partial charge on any atom is -0.496 e. The average molecular weight is 394 g/mol. The van der Waals surface area contributed by atoms with Crippen LogP contribution in [0.4, 0.5) is 0 Å². The minimum absolute atomic E-state index is 0.0118. The number of carbonyl (C=O) groups is 2. The molecule has 1 atom stereocenters. The number of ether oxygens (including phenoxy) is 1. The maximum atomic E-state index is 13.1. The number of hydrogen-bond acceptors (Lipinski definition) is 5. The first kappa shape index (κ1) is 19.4. The molecule has 7 nitrogen and oxygen atoms in total. The van der Waals surface area contributed by atoms with Crippen molar-refractivity contribution >= 4 is 11.8 Å². The number of methoxy groups -OCH3 is 1. The first-order valence-electron chi connectivity index (χ1n) is 10.1. The Morgan fingerprint density at radius 2 is 2.00 bits per heavy atom. The molecule has 1 aromatic carbocycles. The fraction of sp³-hybridized carbons (Fsp3) is 0.455. The summed E-state index contributed by atoms with van der Waals surface area (Å²) in [6, 6.07) is 7.34. The van der Waals surface area contributed by atoms with Crippen molar-refractivity contribution in [2.75, 3.05) is 26.7 Å². The molecule has 0 aliphatic carbocycles. The second kappa shape index (κ2) is 8.19. The normalized spacial score (nSPS) is 18.9. The summed E-state index contributed by atoms with van der Waals surface area (Å²) < 4.78 is 5.36. The van der Waals surface area contributed by atoms with E-state index >= 15 is 0 Å². The van der Waals surface area contributed by atoms with E-state index in [1.54, 1.807) is 20.1 Å². The predicted octanol–water partition coefficient (Wildman–Crippen LogP) is 2.41. The summed E-state index contributed by atoms with van der Waals surface area (Å²) in [6.07, 6.45) is 4.49. The van der Waals surface area contributed by atoms with Gasteiger partial charge in [-0.15, -0.1) is 0 Å². The quantitative estimate of drug-likeness (QED) is 0.799. The molecule has 0 bridgehead atoms. The van der Waals surface area contributed by atoms with Crippen LogP contribution in [-0.4, -0.2) is 58.3 Å². The molecule has 2 aliphatic heterocycles. The summed E-state index contributed by atoms with van der Waals surface area (Å²) in [5.41, 5.74) is 2.64. The Morgan fingerprint density at radius 3 is 2.79 bits per heavy atom. The van der Waals surface area contributed by atoms with Gasteiger partial charge in [0.2, 0.25) is 5.91 Å². The lowest BCUT2D eigenvalue weighted by molar-refractivity contribution is -0.129. The molecule has 0 unspecified atom stereocenters. The third-order valence-corrected chi connectivity index (χ3v) is 5.81. The van der Waals surface area contributed by atoms with E-state index in [1.165, 1.54) is 0 Å². The summed E-state index contributed by atoms with van der Waals surface area (Å²) in [5.74, 6) is 1.59. The molecule has 152 valence electrons. The zero-order chi connectivity index (χ0) is 20.4. The molecular formula is C22H26N4O3. The third kappa shape index (κ3) is 3.95. The van der Waals surface area contributed by atoms with Crippen LogP contribution in [0.5, 0.6) is 5.75 Å². The largest absolute Gasteiger partial charge is 0.496 e. The molecule has 0 spiro atoms. The number of likely N-dealkylation sites (tertiary alicyclic amines) is 1. The second-order valence-electron chi connectivity index (χ2n) is 7.68. The number of piperidine rings is 1. The SMILES string of the molecule is COc1ccccc1C(=O)N1CCC[C@H](c2ncc3c(n2)CCN(C(C)=O)C3)C1. The van der Waals surface area contributed by atoms with Crippen LogP contribution in [0.1, 0.15) is 53.1 Å². The number of benzene rings is 1. The van der Waals surface area contributed by atoms with E-state index in [9.17, 15) is 9.59 Å².